The number of hydrogen-bond acceptors (Lipinski definition) is 1. The van der Waals surface area contributed by atoms with E-state index in [1.165, 1.54) is 32.1 Å². The third-order valence-electron chi connectivity index (χ3n) is 2.25. The van der Waals surface area contributed by atoms with E-state index >= 15 is 0 Å². The normalized spacial score (nSPS) is 19.7. The van der Waals surface area contributed by atoms with Crippen LogP contribution in [-0.4, -0.2) is 10.5 Å². The maximum atomic E-state index is 10.6. The Morgan fingerprint density at radius 1 is 1.36 bits per heavy atom. The molecule has 1 aliphatic rings. The van der Waals surface area contributed by atoms with Gasteiger partial charge in [-0.2, -0.15) is 0 Å². The van der Waals surface area contributed by atoms with E-state index in [1.807, 2.05) is 0 Å². The Bertz CT molecular complexity index is 132. The lowest BCUT2D eigenvalue weighted by Crippen LogP contribution is -2.25. The Labute approximate surface area is 81.3 Å². The zero-order chi connectivity index (χ0) is 8.10. The molecule has 1 N–H and O–H groups in total. The molecule has 0 unspecified atom stereocenters. The molecule has 11 heavy (non-hydrogen) atoms. The topological polar surface area (TPSA) is 29.1 Å². The first-order chi connectivity index (χ1) is 5.29. The fraction of sp³-hybridized carbons (Fsp3) is 0.875. The van der Waals surface area contributed by atoms with Gasteiger partial charge in [0.1, 0.15) is 0 Å². The van der Waals surface area contributed by atoms with E-state index in [2.05, 4.69) is 5.32 Å². The van der Waals surface area contributed by atoms with E-state index in [-0.39, 0.29) is 3.91 Å². The van der Waals surface area contributed by atoms with Gasteiger partial charge in [0.2, 0.25) is 0 Å². The van der Waals surface area contributed by atoms with Crippen molar-refractivity contribution in [3.63, 3.8) is 0 Å². The summed E-state index contributed by atoms with van der Waals surface area (Å²) in [7, 11) is 0. The number of carbonyl (C=O) groups excluding carboxylic acids is 1. The third-order valence-corrected chi connectivity index (χ3v) is 2.64. The van der Waals surface area contributed by atoms with E-state index in [9.17, 15) is 4.79 Å². The molecule has 64 valence electrons. The zero-order valence-corrected chi connectivity index (χ0v) is 8.76. The van der Waals surface area contributed by atoms with E-state index in [4.69, 9.17) is 0 Å². The minimum absolute atomic E-state index is 0.0770. The standard InChI is InChI=1S/C8H14INO/c9-8(11)10-6-7-4-2-1-3-5-7/h7H,1-6H2,(H,10,11). The quantitative estimate of drug-likeness (QED) is 0.465. The molecule has 0 aromatic rings. The number of amides is 1. The summed E-state index contributed by atoms with van der Waals surface area (Å²) >= 11 is 1.79. The van der Waals surface area contributed by atoms with Crippen LogP contribution >= 0.6 is 22.6 Å². The van der Waals surface area contributed by atoms with Gasteiger partial charge in [0.15, 0.2) is 0 Å². The molecule has 0 atom stereocenters. The van der Waals surface area contributed by atoms with Crippen molar-refractivity contribution in [2.24, 2.45) is 5.92 Å². The highest BCUT2D eigenvalue weighted by molar-refractivity contribution is 14.1. The van der Waals surface area contributed by atoms with Crippen molar-refractivity contribution in [1.29, 1.82) is 0 Å². The Kier molecular flexibility index (Phi) is 4.18. The average Bonchev–Trinajstić information content (AvgIpc) is 2.03. The van der Waals surface area contributed by atoms with Crippen LogP contribution in [0.2, 0.25) is 0 Å². The van der Waals surface area contributed by atoms with Crippen molar-refractivity contribution in [3.05, 3.63) is 0 Å². The lowest BCUT2D eigenvalue weighted by Gasteiger charge is -2.20. The molecule has 1 fully saturated rings. The molecule has 3 heteroatoms. The highest BCUT2D eigenvalue weighted by atomic mass is 127. The molecule has 0 bridgehead atoms. The van der Waals surface area contributed by atoms with Crippen molar-refractivity contribution in [2.45, 2.75) is 32.1 Å². The molecule has 1 aliphatic carbocycles. The molecule has 1 saturated carbocycles. The number of nitrogens with one attached hydrogen (secondary N) is 1. The molecule has 0 aliphatic heterocycles. The molecular weight excluding hydrogens is 253 g/mol. The van der Waals surface area contributed by atoms with Crippen LogP contribution in [0.5, 0.6) is 0 Å². The van der Waals surface area contributed by atoms with Gasteiger partial charge in [0.25, 0.3) is 3.91 Å². The smallest absolute Gasteiger partial charge is 0.280 e. The SMILES string of the molecule is O=C(I)NCC1CCCCC1. The number of rotatable bonds is 2. The first-order valence-corrected chi connectivity index (χ1v) is 5.30. The Hall–Kier alpha value is 0.200. The molecule has 0 radical (unpaired) electrons. The molecular formula is C8H14INO. The second-order valence-corrected chi connectivity index (χ2v) is 4.14. The Balaban J connectivity index is 2.09. The molecule has 0 aromatic carbocycles. The van der Waals surface area contributed by atoms with Crippen molar-refractivity contribution in [2.75, 3.05) is 6.54 Å². The van der Waals surface area contributed by atoms with E-state index in [1.54, 1.807) is 22.6 Å². The van der Waals surface area contributed by atoms with Gasteiger partial charge in [-0.15, -0.1) is 0 Å². The molecule has 0 spiro atoms. The van der Waals surface area contributed by atoms with Crippen LogP contribution in [0.15, 0.2) is 0 Å². The maximum absolute atomic E-state index is 10.6. The molecule has 0 aromatic heterocycles. The summed E-state index contributed by atoms with van der Waals surface area (Å²) in [6.07, 6.45) is 6.69. The molecule has 1 rings (SSSR count). The summed E-state index contributed by atoms with van der Waals surface area (Å²) < 4.78 is 0.0770. The molecule has 0 heterocycles. The Morgan fingerprint density at radius 2 is 2.00 bits per heavy atom. The molecule has 2 nitrogen and oxygen atoms in total. The maximum Gasteiger partial charge on any atom is 0.280 e. The van der Waals surface area contributed by atoms with Gasteiger partial charge >= 0.3 is 0 Å². The van der Waals surface area contributed by atoms with Gasteiger partial charge in [-0.1, -0.05) is 19.3 Å². The predicted octanol–water partition coefficient (Wildman–Crippen LogP) is 2.71. The highest BCUT2D eigenvalue weighted by Gasteiger charge is 2.12. The monoisotopic (exact) mass is 267 g/mol. The minimum Gasteiger partial charge on any atom is -0.347 e. The van der Waals surface area contributed by atoms with Crippen molar-refractivity contribution >= 4 is 26.5 Å². The number of halogens is 1. The summed E-state index contributed by atoms with van der Waals surface area (Å²) in [5.41, 5.74) is 0. The number of carbonyl (C=O) groups is 1. The lowest BCUT2D eigenvalue weighted by molar-refractivity contribution is 0.258. The number of hydrogen-bond donors (Lipinski definition) is 1. The summed E-state index contributed by atoms with van der Waals surface area (Å²) in [5.74, 6) is 0.752. The van der Waals surface area contributed by atoms with E-state index in [0.29, 0.717) is 0 Å². The van der Waals surface area contributed by atoms with Gasteiger partial charge in [-0.25, -0.2) is 0 Å². The summed E-state index contributed by atoms with van der Waals surface area (Å²) in [5, 5.41) is 2.86. The summed E-state index contributed by atoms with van der Waals surface area (Å²) in [4.78, 5) is 10.6. The predicted molar refractivity (Wildman–Crippen MR) is 54.0 cm³/mol. The van der Waals surface area contributed by atoms with Crippen LogP contribution in [0.1, 0.15) is 32.1 Å². The summed E-state index contributed by atoms with van der Waals surface area (Å²) in [6.45, 7) is 0.891. The first-order valence-electron chi connectivity index (χ1n) is 4.22. The van der Waals surface area contributed by atoms with Crippen LogP contribution < -0.4 is 5.32 Å². The fourth-order valence-electron chi connectivity index (χ4n) is 1.62. The van der Waals surface area contributed by atoms with Gasteiger partial charge < -0.3 is 5.32 Å². The zero-order valence-electron chi connectivity index (χ0n) is 6.61. The average molecular weight is 267 g/mol. The third kappa shape index (κ3) is 3.94. The van der Waals surface area contributed by atoms with Crippen LogP contribution in [0, 0.1) is 5.92 Å². The first kappa shape index (κ1) is 9.29. The molecule has 1 amide bonds. The minimum atomic E-state index is 0.0770. The van der Waals surface area contributed by atoms with Gasteiger partial charge in [0, 0.05) is 29.1 Å². The van der Waals surface area contributed by atoms with Crippen LogP contribution in [0.3, 0.4) is 0 Å². The lowest BCUT2D eigenvalue weighted by atomic mass is 9.89. The second kappa shape index (κ2) is 4.95. The highest BCUT2D eigenvalue weighted by Crippen LogP contribution is 2.22. The largest absolute Gasteiger partial charge is 0.347 e. The Morgan fingerprint density at radius 3 is 2.55 bits per heavy atom. The van der Waals surface area contributed by atoms with Crippen LogP contribution in [-0.2, 0) is 0 Å². The van der Waals surface area contributed by atoms with Crippen LogP contribution in [0.25, 0.3) is 0 Å². The van der Waals surface area contributed by atoms with Crippen LogP contribution in [0.4, 0.5) is 4.79 Å². The van der Waals surface area contributed by atoms with Gasteiger partial charge in [-0.05, 0) is 18.8 Å². The van der Waals surface area contributed by atoms with Gasteiger partial charge in [0.05, 0.1) is 0 Å². The van der Waals surface area contributed by atoms with E-state index < -0.39 is 0 Å². The van der Waals surface area contributed by atoms with E-state index in [0.717, 1.165) is 12.5 Å². The summed E-state index contributed by atoms with van der Waals surface area (Å²) in [6, 6.07) is 0. The van der Waals surface area contributed by atoms with Gasteiger partial charge in [-0.3, -0.25) is 4.79 Å². The van der Waals surface area contributed by atoms with Crippen molar-refractivity contribution in [3.8, 4) is 0 Å². The second-order valence-electron chi connectivity index (χ2n) is 3.16. The van der Waals surface area contributed by atoms with Crippen molar-refractivity contribution < 1.29 is 4.79 Å². The van der Waals surface area contributed by atoms with Crippen molar-refractivity contribution in [1.82, 2.24) is 5.32 Å². The fourth-order valence-corrected chi connectivity index (χ4v) is 1.84. The molecule has 0 saturated heterocycles.